The Hall–Kier alpha value is -3.86. The monoisotopic (exact) mass is 569 g/mol. The summed E-state index contributed by atoms with van der Waals surface area (Å²) in [6.07, 6.45) is -1.21. The molecule has 1 aliphatic heterocycles. The number of amides is 3. The van der Waals surface area contributed by atoms with E-state index in [0.29, 0.717) is 11.5 Å². The van der Waals surface area contributed by atoms with Crippen LogP contribution in [0.5, 0.6) is 5.75 Å². The van der Waals surface area contributed by atoms with Gasteiger partial charge in [-0.3, -0.25) is 14.4 Å². The molecule has 0 spiro atoms. The molecular weight excluding hydrogens is 534 g/mol. The van der Waals surface area contributed by atoms with Gasteiger partial charge in [-0.25, -0.2) is 9.59 Å². The number of carbonyl (C=O) groups is 5. The van der Waals surface area contributed by atoms with Gasteiger partial charge in [0, 0.05) is 12.2 Å². The molecule has 0 bridgehead atoms. The lowest BCUT2D eigenvalue weighted by molar-refractivity contribution is -0.158. The van der Waals surface area contributed by atoms with Crippen molar-refractivity contribution < 1.29 is 33.4 Å². The Labute approximate surface area is 238 Å². The number of hydrogen-bond donors (Lipinski definition) is 2. The fourth-order valence-corrected chi connectivity index (χ4v) is 5.23. The third-order valence-electron chi connectivity index (χ3n) is 6.09. The first kappa shape index (κ1) is 30.7. The Morgan fingerprint density at radius 1 is 0.925 bits per heavy atom. The average molecular weight is 570 g/mol. The van der Waals surface area contributed by atoms with Crippen molar-refractivity contribution in [2.45, 2.75) is 58.3 Å². The SMILES string of the molecule is CC(C)OC(=O)C(=O)[C@H](Cc1ccccc1)NC(=O)[C@@H]1CSCN1C(=O)[C@@H](NC(=O)Oc1ccccc1)C(C)C. The molecule has 0 saturated carbocycles. The molecule has 0 radical (unpaired) electrons. The Morgan fingerprint density at radius 3 is 2.15 bits per heavy atom. The molecule has 1 heterocycles. The van der Waals surface area contributed by atoms with Gasteiger partial charge in [-0.15, -0.1) is 11.8 Å². The van der Waals surface area contributed by atoms with E-state index >= 15 is 0 Å². The van der Waals surface area contributed by atoms with Gasteiger partial charge in [-0.1, -0.05) is 62.4 Å². The van der Waals surface area contributed by atoms with Crippen molar-refractivity contribution in [2.24, 2.45) is 5.92 Å². The molecule has 10 nitrogen and oxygen atoms in total. The maximum Gasteiger partial charge on any atom is 0.413 e. The smallest absolute Gasteiger partial charge is 0.413 e. The normalized spacial score (nSPS) is 16.2. The van der Waals surface area contributed by atoms with Gasteiger partial charge in [0.05, 0.1) is 12.0 Å². The Bertz CT molecular complexity index is 1190. The number of hydrogen-bond acceptors (Lipinski definition) is 8. The standard InChI is InChI=1S/C29H35N3O7S/c1-18(2)24(31-29(37)39-21-13-9-6-10-14-21)27(35)32-17-40-16-23(32)26(34)30-22(15-20-11-7-5-8-12-20)25(33)28(36)38-19(3)4/h5-14,18-19,22-24H,15-17H2,1-4H3,(H,30,34)(H,31,37)/t22-,23-,24-/m0/s1. The molecule has 0 unspecified atom stereocenters. The first-order chi connectivity index (χ1) is 19.1. The largest absolute Gasteiger partial charge is 0.457 e. The van der Waals surface area contributed by atoms with Crippen LogP contribution in [0.2, 0.25) is 0 Å². The molecule has 0 aliphatic carbocycles. The molecular formula is C29H35N3O7S. The van der Waals surface area contributed by atoms with Crippen LogP contribution in [0.3, 0.4) is 0 Å². The van der Waals surface area contributed by atoms with Gasteiger partial charge in [-0.2, -0.15) is 0 Å². The number of nitrogens with one attached hydrogen (secondary N) is 2. The third kappa shape index (κ3) is 8.57. The first-order valence-electron chi connectivity index (χ1n) is 13.1. The minimum absolute atomic E-state index is 0.0773. The number of Topliss-reactive ketones (excluding diaryl/α,β-unsaturated/α-hetero) is 1. The van der Waals surface area contributed by atoms with Crippen molar-refractivity contribution in [2.75, 3.05) is 11.6 Å². The van der Waals surface area contributed by atoms with Crippen molar-refractivity contribution in [3.8, 4) is 5.75 Å². The molecule has 11 heteroatoms. The van der Waals surface area contributed by atoms with Crippen LogP contribution in [0.1, 0.15) is 33.3 Å². The van der Waals surface area contributed by atoms with Crippen molar-refractivity contribution in [1.29, 1.82) is 0 Å². The molecule has 0 aromatic heterocycles. The van der Waals surface area contributed by atoms with Crippen LogP contribution in [-0.2, 0) is 30.3 Å². The van der Waals surface area contributed by atoms with Gasteiger partial charge in [0.2, 0.25) is 11.8 Å². The Morgan fingerprint density at radius 2 is 1.55 bits per heavy atom. The number of ketones is 1. The van der Waals surface area contributed by atoms with E-state index in [1.54, 1.807) is 82.3 Å². The number of esters is 1. The van der Waals surface area contributed by atoms with Gasteiger partial charge >= 0.3 is 12.1 Å². The number of benzene rings is 2. The summed E-state index contributed by atoms with van der Waals surface area (Å²) < 4.78 is 10.4. The second-order valence-electron chi connectivity index (χ2n) is 9.96. The van der Waals surface area contributed by atoms with E-state index in [1.807, 2.05) is 6.07 Å². The second-order valence-corrected chi connectivity index (χ2v) is 11.0. The highest BCUT2D eigenvalue weighted by molar-refractivity contribution is 7.99. The van der Waals surface area contributed by atoms with Crippen LogP contribution in [0.15, 0.2) is 60.7 Å². The number of nitrogens with zero attached hydrogens (tertiary/aromatic N) is 1. The van der Waals surface area contributed by atoms with Crippen LogP contribution >= 0.6 is 11.8 Å². The van der Waals surface area contributed by atoms with Crippen LogP contribution in [-0.4, -0.2) is 70.4 Å². The molecule has 1 saturated heterocycles. The van der Waals surface area contributed by atoms with Gasteiger partial charge in [0.15, 0.2) is 0 Å². The van der Waals surface area contributed by atoms with E-state index in [4.69, 9.17) is 9.47 Å². The Balaban J connectivity index is 1.73. The number of thioether (sulfide) groups is 1. The maximum atomic E-state index is 13.6. The maximum absolute atomic E-state index is 13.6. The van der Waals surface area contributed by atoms with Crippen LogP contribution in [0.25, 0.3) is 0 Å². The lowest BCUT2D eigenvalue weighted by Gasteiger charge is -2.30. The quantitative estimate of drug-likeness (QED) is 0.312. The fraction of sp³-hybridized carbons (Fsp3) is 0.414. The number of carbonyl (C=O) groups excluding carboxylic acids is 5. The Kier molecular flexibility index (Phi) is 11.1. The fourth-order valence-electron chi connectivity index (χ4n) is 4.06. The van der Waals surface area contributed by atoms with Gasteiger partial charge < -0.3 is 25.0 Å². The highest BCUT2D eigenvalue weighted by Crippen LogP contribution is 2.24. The summed E-state index contributed by atoms with van der Waals surface area (Å²) in [5.74, 6) is -2.39. The molecule has 1 aliphatic rings. The molecule has 214 valence electrons. The highest BCUT2D eigenvalue weighted by Gasteiger charge is 2.41. The summed E-state index contributed by atoms with van der Waals surface area (Å²) in [7, 11) is 0. The van der Waals surface area contributed by atoms with E-state index in [-0.39, 0.29) is 18.2 Å². The molecule has 2 N–H and O–H groups in total. The average Bonchev–Trinajstić information content (AvgIpc) is 3.41. The summed E-state index contributed by atoms with van der Waals surface area (Å²) in [4.78, 5) is 66.3. The van der Waals surface area contributed by atoms with Gasteiger partial charge in [0.25, 0.3) is 5.78 Å². The predicted molar refractivity (Wildman–Crippen MR) is 150 cm³/mol. The summed E-state index contributed by atoms with van der Waals surface area (Å²) >= 11 is 1.38. The highest BCUT2D eigenvalue weighted by atomic mass is 32.2. The van der Waals surface area contributed by atoms with E-state index in [2.05, 4.69) is 10.6 Å². The van der Waals surface area contributed by atoms with Crippen molar-refractivity contribution >= 4 is 41.4 Å². The molecule has 2 aromatic carbocycles. The van der Waals surface area contributed by atoms with E-state index in [1.165, 1.54) is 16.7 Å². The number of para-hydroxylation sites is 1. The summed E-state index contributed by atoms with van der Waals surface area (Å²) in [5, 5.41) is 5.30. The van der Waals surface area contributed by atoms with Crippen molar-refractivity contribution in [3.05, 3.63) is 66.2 Å². The van der Waals surface area contributed by atoms with Crippen molar-refractivity contribution in [3.63, 3.8) is 0 Å². The molecule has 40 heavy (non-hydrogen) atoms. The zero-order valence-corrected chi connectivity index (χ0v) is 23.8. The number of ether oxygens (including phenoxy) is 2. The van der Waals surface area contributed by atoms with E-state index in [0.717, 1.165) is 5.56 Å². The molecule has 1 fully saturated rings. The van der Waals surface area contributed by atoms with Gasteiger partial charge in [0.1, 0.15) is 23.9 Å². The third-order valence-corrected chi connectivity index (χ3v) is 7.10. The molecule has 2 aromatic rings. The minimum Gasteiger partial charge on any atom is -0.457 e. The molecule has 3 amide bonds. The zero-order valence-electron chi connectivity index (χ0n) is 23.0. The molecule has 3 rings (SSSR count). The molecule has 3 atom stereocenters. The van der Waals surface area contributed by atoms with Gasteiger partial charge in [-0.05, 0) is 37.5 Å². The summed E-state index contributed by atoms with van der Waals surface area (Å²) in [6.45, 7) is 6.81. The minimum atomic E-state index is -1.18. The second kappa shape index (κ2) is 14.5. The lowest BCUT2D eigenvalue weighted by Crippen LogP contribution is -2.58. The van der Waals surface area contributed by atoms with E-state index < -0.39 is 53.9 Å². The number of rotatable bonds is 11. The zero-order chi connectivity index (χ0) is 29.2. The van der Waals surface area contributed by atoms with Crippen molar-refractivity contribution in [1.82, 2.24) is 15.5 Å². The lowest BCUT2D eigenvalue weighted by atomic mass is 10.0. The summed E-state index contributed by atoms with van der Waals surface area (Å²) in [5.41, 5.74) is 0.744. The van der Waals surface area contributed by atoms with E-state index in [9.17, 15) is 24.0 Å². The predicted octanol–water partition coefficient (Wildman–Crippen LogP) is 2.95. The van der Waals surface area contributed by atoms with Crippen LogP contribution in [0.4, 0.5) is 4.79 Å². The summed E-state index contributed by atoms with van der Waals surface area (Å²) in [6, 6.07) is 14.4. The van der Waals surface area contributed by atoms with Crippen LogP contribution in [0, 0.1) is 5.92 Å². The first-order valence-corrected chi connectivity index (χ1v) is 14.2. The van der Waals surface area contributed by atoms with Crippen LogP contribution < -0.4 is 15.4 Å². The topological polar surface area (TPSA) is 131 Å².